The van der Waals surface area contributed by atoms with Gasteiger partial charge in [-0.05, 0) is 63.0 Å². The number of likely N-dealkylation sites (tertiary alicyclic amines) is 1. The molecule has 2 aliphatic heterocycles. The Bertz CT molecular complexity index is 1540. The number of fused-ring (bicyclic) bond motifs is 1. The van der Waals surface area contributed by atoms with E-state index in [1.165, 1.54) is 10.1 Å². The predicted octanol–water partition coefficient (Wildman–Crippen LogP) is 4.78. The van der Waals surface area contributed by atoms with Gasteiger partial charge in [0.05, 0.1) is 18.5 Å². The molecule has 0 spiro atoms. The SMILES string of the molecule is COc1ccc2c(CCN(C)C)cn(C(=O)OCOC(=O)C3CCN(C(=O)C4=CN(Cc5ccccc5)C=CC4)CC3)c2c1. The van der Waals surface area contributed by atoms with E-state index in [4.69, 9.17) is 14.2 Å². The fourth-order valence-corrected chi connectivity index (χ4v) is 5.59. The third-order valence-electron chi connectivity index (χ3n) is 8.06. The molecule has 1 fully saturated rings. The molecule has 10 nitrogen and oxygen atoms in total. The minimum absolute atomic E-state index is 0.00584. The van der Waals surface area contributed by atoms with Gasteiger partial charge in [0.25, 0.3) is 5.91 Å². The molecule has 0 saturated carbocycles. The van der Waals surface area contributed by atoms with E-state index in [0.717, 1.165) is 29.5 Å². The maximum atomic E-state index is 13.2. The molecule has 3 aromatic rings. The molecule has 0 aliphatic carbocycles. The molecule has 0 N–H and O–H groups in total. The van der Waals surface area contributed by atoms with Crippen molar-refractivity contribution in [3.63, 3.8) is 0 Å². The molecule has 3 heterocycles. The number of methoxy groups -OCH3 is 1. The largest absolute Gasteiger partial charge is 0.497 e. The summed E-state index contributed by atoms with van der Waals surface area (Å²) in [6, 6.07) is 15.7. The van der Waals surface area contributed by atoms with Gasteiger partial charge in [0.15, 0.2) is 0 Å². The van der Waals surface area contributed by atoms with E-state index in [0.29, 0.717) is 50.2 Å². The van der Waals surface area contributed by atoms with Gasteiger partial charge in [-0.2, -0.15) is 0 Å². The number of likely N-dealkylation sites (N-methyl/N-ethyl adjacent to an activating group) is 1. The van der Waals surface area contributed by atoms with Crippen LogP contribution in [0.4, 0.5) is 4.79 Å². The molecule has 0 unspecified atom stereocenters. The lowest BCUT2D eigenvalue weighted by atomic mass is 9.96. The second-order valence-electron chi connectivity index (χ2n) is 11.4. The molecule has 0 radical (unpaired) electrons. The molecule has 1 saturated heterocycles. The van der Waals surface area contributed by atoms with Crippen molar-refractivity contribution >= 4 is 28.9 Å². The van der Waals surface area contributed by atoms with E-state index in [2.05, 4.69) is 17.0 Å². The lowest BCUT2D eigenvalue weighted by Gasteiger charge is -2.32. The number of aromatic nitrogens is 1. The number of amides is 1. The van der Waals surface area contributed by atoms with Crippen LogP contribution in [0.2, 0.25) is 0 Å². The Balaban J connectivity index is 1.11. The van der Waals surface area contributed by atoms with E-state index >= 15 is 0 Å². The lowest BCUT2D eigenvalue weighted by Crippen LogP contribution is -2.41. The van der Waals surface area contributed by atoms with Gasteiger partial charge < -0.3 is 28.9 Å². The van der Waals surface area contributed by atoms with Gasteiger partial charge in [0.1, 0.15) is 5.75 Å². The number of rotatable bonds is 10. The van der Waals surface area contributed by atoms with Crippen LogP contribution in [0.25, 0.3) is 10.9 Å². The highest BCUT2D eigenvalue weighted by atomic mass is 16.7. The van der Waals surface area contributed by atoms with Crippen molar-refractivity contribution in [3.05, 3.63) is 89.9 Å². The highest BCUT2D eigenvalue weighted by molar-refractivity contribution is 5.94. The van der Waals surface area contributed by atoms with Crippen LogP contribution in [0.3, 0.4) is 0 Å². The summed E-state index contributed by atoms with van der Waals surface area (Å²) in [6.45, 7) is 1.96. The molecule has 0 bridgehead atoms. The molecular formula is C34H40N4O6. The predicted molar refractivity (Wildman–Crippen MR) is 167 cm³/mol. The first-order chi connectivity index (χ1) is 21.3. The van der Waals surface area contributed by atoms with E-state index in [-0.39, 0.29) is 11.8 Å². The summed E-state index contributed by atoms with van der Waals surface area (Å²) in [5.74, 6) is -0.166. The van der Waals surface area contributed by atoms with Crippen LogP contribution in [0, 0.1) is 5.92 Å². The Kier molecular flexibility index (Phi) is 10.0. The Hall–Kier alpha value is -4.57. The smallest absolute Gasteiger partial charge is 0.421 e. The summed E-state index contributed by atoms with van der Waals surface area (Å²) in [5.41, 5.74) is 3.57. The minimum Gasteiger partial charge on any atom is -0.497 e. The minimum atomic E-state index is -0.635. The van der Waals surface area contributed by atoms with Gasteiger partial charge in [0, 0.05) is 61.8 Å². The van der Waals surface area contributed by atoms with Gasteiger partial charge in [-0.15, -0.1) is 0 Å². The van der Waals surface area contributed by atoms with Crippen molar-refractivity contribution in [1.29, 1.82) is 0 Å². The number of allylic oxidation sites excluding steroid dienone is 1. The van der Waals surface area contributed by atoms with E-state index in [9.17, 15) is 14.4 Å². The van der Waals surface area contributed by atoms with Crippen LogP contribution < -0.4 is 4.74 Å². The number of esters is 1. The highest BCUT2D eigenvalue weighted by Crippen LogP contribution is 2.27. The molecule has 44 heavy (non-hydrogen) atoms. The molecule has 5 rings (SSSR count). The molecule has 0 atom stereocenters. The maximum Gasteiger partial charge on any atom is 0.421 e. The first kappa shape index (κ1) is 30.9. The van der Waals surface area contributed by atoms with Gasteiger partial charge in [-0.25, -0.2) is 4.79 Å². The number of carbonyl (C=O) groups excluding carboxylic acids is 3. The average molecular weight is 601 g/mol. The number of nitrogens with zero attached hydrogens (tertiary/aromatic N) is 4. The van der Waals surface area contributed by atoms with Crippen LogP contribution >= 0.6 is 0 Å². The Labute approximate surface area is 258 Å². The third kappa shape index (κ3) is 7.49. The van der Waals surface area contributed by atoms with Crippen molar-refractivity contribution in [2.75, 3.05) is 47.6 Å². The maximum absolute atomic E-state index is 13.2. The molecule has 10 heteroatoms. The topological polar surface area (TPSA) is 93.5 Å². The Morgan fingerprint density at radius 1 is 1.00 bits per heavy atom. The van der Waals surface area contributed by atoms with Crippen molar-refractivity contribution in [2.24, 2.45) is 5.92 Å². The number of hydrogen-bond donors (Lipinski definition) is 0. The molecule has 2 aliphatic rings. The van der Waals surface area contributed by atoms with Crippen LogP contribution in [0.1, 0.15) is 30.4 Å². The molecule has 1 amide bonds. The van der Waals surface area contributed by atoms with E-state index < -0.39 is 18.9 Å². The van der Waals surface area contributed by atoms with Crippen molar-refractivity contribution in [2.45, 2.75) is 32.2 Å². The first-order valence-electron chi connectivity index (χ1n) is 14.9. The zero-order valence-electron chi connectivity index (χ0n) is 25.6. The van der Waals surface area contributed by atoms with Gasteiger partial charge >= 0.3 is 12.1 Å². The average Bonchev–Trinajstić information content (AvgIpc) is 3.42. The number of hydrogen-bond acceptors (Lipinski definition) is 8. The van der Waals surface area contributed by atoms with Crippen LogP contribution in [-0.2, 0) is 32.0 Å². The Morgan fingerprint density at radius 3 is 2.50 bits per heavy atom. The highest BCUT2D eigenvalue weighted by Gasteiger charge is 2.30. The van der Waals surface area contributed by atoms with Crippen molar-refractivity contribution in [3.8, 4) is 5.75 Å². The number of carbonyl (C=O) groups is 3. The summed E-state index contributed by atoms with van der Waals surface area (Å²) in [4.78, 5) is 44.9. The van der Waals surface area contributed by atoms with Crippen LogP contribution in [0.5, 0.6) is 5.75 Å². The quantitative estimate of drug-likeness (QED) is 0.243. The molecular weight excluding hydrogens is 560 g/mol. The summed E-state index contributed by atoms with van der Waals surface area (Å²) in [6.07, 6.45) is 9.37. The third-order valence-corrected chi connectivity index (χ3v) is 8.06. The number of benzene rings is 2. The normalized spacial score (nSPS) is 15.4. The zero-order valence-corrected chi connectivity index (χ0v) is 25.6. The van der Waals surface area contributed by atoms with E-state index in [1.807, 2.05) is 67.8 Å². The molecule has 2 aromatic carbocycles. The summed E-state index contributed by atoms with van der Waals surface area (Å²) < 4.78 is 17.5. The first-order valence-corrected chi connectivity index (χ1v) is 14.9. The second kappa shape index (κ2) is 14.3. The van der Waals surface area contributed by atoms with Crippen molar-refractivity contribution < 1.29 is 28.6 Å². The van der Waals surface area contributed by atoms with Crippen LogP contribution in [-0.4, -0.2) is 84.9 Å². The van der Waals surface area contributed by atoms with Gasteiger partial charge in [-0.3, -0.25) is 14.2 Å². The standard InChI is InChI=1S/C34H40N4O6/c1-35(2)17-13-27-23-38(31-20-29(42-3)11-12-30(27)31)34(41)44-24-43-33(40)26-14-18-37(19-15-26)32(39)28-10-7-16-36(22-28)21-25-8-5-4-6-9-25/h4-9,11-12,16,20,22-23,26H,10,13-15,17-19,21,24H2,1-3H3. The number of piperidine rings is 1. The summed E-state index contributed by atoms with van der Waals surface area (Å²) in [7, 11) is 5.57. The molecule has 232 valence electrons. The summed E-state index contributed by atoms with van der Waals surface area (Å²) in [5, 5.41) is 0.937. The van der Waals surface area contributed by atoms with Gasteiger partial charge in [-0.1, -0.05) is 36.4 Å². The summed E-state index contributed by atoms with van der Waals surface area (Å²) >= 11 is 0. The number of ether oxygens (including phenoxy) is 3. The fourth-order valence-electron chi connectivity index (χ4n) is 5.59. The van der Waals surface area contributed by atoms with Crippen molar-refractivity contribution in [1.82, 2.24) is 19.3 Å². The molecule has 1 aromatic heterocycles. The lowest BCUT2D eigenvalue weighted by molar-refractivity contribution is -0.159. The van der Waals surface area contributed by atoms with Crippen LogP contribution in [0.15, 0.2) is 78.8 Å². The zero-order chi connectivity index (χ0) is 31.1. The van der Waals surface area contributed by atoms with E-state index in [1.54, 1.807) is 24.3 Å². The van der Waals surface area contributed by atoms with Gasteiger partial charge in [0.2, 0.25) is 6.79 Å². The monoisotopic (exact) mass is 600 g/mol. The Morgan fingerprint density at radius 2 is 1.77 bits per heavy atom. The fraction of sp³-hybridized carbons (Fsp3) is 0.382. The second-order valence-corrected chi connectivity index (χ2v) is 11.4.